The predicted molar refractivity (Wildman–Crippen MR) is 202 cm³/mol. The van der Waals surface area contributed by atoms with Crippen LogP contribution in [-0.4, -0.2) is 5.11 Å². The van der Waals surface area contributed by atoms with E-state index in [1.165, 1.54) is 38.2 Å². The fourth-order valence-electron chi connectivity index (χ4n) is 7.90. The SMILES string of the molecule is Oc1c2ccccc2c(-c2ccc3c(c2)oc2c(-c4c5ccccc5c(-c5ccccc5)c5ccccc45)cccc23)c2ccccc12. The van der Waals surface area contributed by atoms with Crippen LogP contribution < -0.4 is 0 Å². The Balaban J connectivity index is 1.26. The summed E-state index contributed by atoms with van der Waals surface area (Å²) in [5.74, 6) is 0.317. The van der Waals surface area contributed by atoms with Crippen molar-refractivity contribution in [3.05, 3.63) is 164 Å². The van der Waals surface area contributed by atoms with E-state index in [-0.39, 0.29) is 0 Å². The van der Waals surface area contributed by atoms with Crippen LogP contribution in [0.5, 0.6) is 5.75 Å². The number of aromatic hydroxyl groups is 1. The average molecular weight is 613 g/mol. The summed E-state index contributed by atoms with van der Waals surface area (Å²) in [6, 6.07) is 57.4. The molecule has 10 aromatic rings. The Labute approximate surface area is 276 Å². The van der Waals surface area contributed by atoms with Crippen molar-refractivity contribution in [2.24, 2.45) is 0 Å². The van der Waals surface area contributed by atoms with Crippen LogP contribution in [0.25, 0.3) is 98.4 Å². The van der Waals surface area contributed by atoms with Gasteiger partial charge >= 0.3 is 0 Å². The highest BCUT2D eigenvalue weighted by atomic mass is 16.3. The predicted octanol–water partition coefficient (Wildman–Crippen LogP) is 12.9. The third-order valence-electron chi connectivity index (χ3n) is 9.95. The molecule has 0 unspecified atom stereocenters. The Kier molecular flexibility index (Phi) is 5.76. The second-order valence-electron chi connectivity index (χ2n) is 12.5. The zero-order valence-corrected chi connectivity index (χ0v) is 25.9. The Bertz CT molecular complexity index is 2780. The molecule has 10 rings (SSSR count). The Morgan fingerprint density at radius 1 is 0.333 bits per heavy atom. The first-order chi connectivity index (χ1) is 23.8. The average Bonchev–Trinajstić information content (AvgIpc) is 3.53. The van der Waals surface area contributed by atoms with Crippen molar-refractivity contribution in [3.8, 4) is 39.1 Å². The van der Waals surface area contributed by atoms with E-state index in [1.807, 2.05) is 36.4 Å². The molecule has 0 aliphatic carbocycles. The number of furan rings is 1. The van der Waals surface area contributed by atoms with Crippen LogP contribution in [0.1, 0.15) is 0 Å². The topological polar surface area (TPSA) is 33.4 Å². The first-order valence-corrected chi connectivity index (χ1v) is 16.3. The van der Waals surface area contributed by atoms with Crippen LogP contribution in [0.2, 0.25) is 0 Å². The third-order valence-corrected chi connectivity index (χ3v) is 9.95. The molecule has 0 aliphatic rings. The minimum Gasteiger partial charge on any atom is -0.507 e. The van der Waals surface area contributed by atoms with Gasteiger partial charge in [-0.1, -0.05) is 152 Å². The van der Waals surface area contributed by atoms with E-state index in [4.69, 9.17) is 4.42 Å². The zero-order chi connectivity index (χ0) is 31.8. The maximum Gasteiger partial charge on any atom is 0.143 e. The van der Waals surface area contributed by atoms with Gasteiger partial charge in [-0.3, -0.25) is 0 Å². The van der Waals surface area contributed by atoms with E-state index in [0.29, 0.717) is 5.75 Å². The maximum atomic E-state index is 11.2. The molecule has 0 spiro atoms. The smallest absolute Gasteiger partial charge is 0.143 e. The third kappa shape index (κ3) is 3.81. The molecule has 0 radical (unpaired) electrons. The van der Waals surface area contributed by atoms with E-state index < -0.39 is 0 Å². The van der Waals surface area contributed by atoms with Gasteiger partial charge in [-0.2, -0.15) is 0 Å². The van der Waals surface area contributed by atoms with Gasteiger partial charge in [-0.05, 0) is 66.7 Å². The van der Waals surface area contributed by atoms with Gasteiger partial charge in [0.15, 0.2) is 0 Å². The Hall–Kier alpha value is -6.38. The molecule has 0 saturated carbocycles. The largest absolute Gasteiger partial charge is 0.507 e. The number of rotatable bonds is 3. The molecule has 48 heavy (non-hydrogen) atoms. The first-order valence-electron chi connectivity index (χ1n) is 16.3. The second-order valence-corrected chi connectivity index (χ2v) is 12.5. The molecule has 0 bridgehead atoms. The van der Waals surface area contributed by atoms with Crippen molar-refractivity contribution in [1.29, 1.82) is 0 Å². The summed E-state index contributed by atoms with van der Waals surface area (Å²) >= 11 is 0. The van der Waals surface area contributed by atoms with Crippen molar-refractivity contribution in [1.82, 2.24) is 0 Å². The molecule has 0 fully saturated rings. The van der Waals surface area contributed by atoms with E-state index in [9.17, 15) is 5.11 Å². The molecule has 1 aromatic heterocycles. The van der Waals surface area contributed by atoms with Crippen LogP contribution in [-0.2, 0) is 0 Å². The lowest BCUT2D eigenvalue weighted by molar-refractivity contribution is 0.488. The summed E-state index contributed by atoms with van der Waals surface area (Å²) < 4.78 is 6.91. The lowest BCUT2D eigenvalue weighted by Crippen LogP contribution is -1.90. The van der Waals surface area contributed by atoms with Crippen molar-refractivity contribution >= 4 is 65.0 Å². The van der Waals surface area contributed by atoms with E-state index in [1.54, 1.807) is 0 Å². The van der Waals surface area contributed by atoms with E-state index >= 15 is 0 Å². The van der Waals surface area contributed by atoms with Gasteiger partial charge < -0.3 is 9.52 Å². The van der Waals surface area contributed by atoms with Gasteiger partial charge in [0.2, 0.25) is 0 Å². The van der Waals surface area contributed by atoms with Gasteiger partial charge in [0.1, 0.15) is 16.9 Å². The number of para-hydroxylation sites is 1. The highest BCUT2D eigenvalue weighted by molar-refractivity contribution is 6.24. The molecule has 224 valence electrons. The van der Waals surface area contributed by atoms with Crippen molar-refractivity contribution in [2.75, 3.05) is 0 Å². The highest BCUT2D eigenvalue weighted by Gasteiger charge is 2.21. The van der Waals surface area contributed by atoms with Gasteiger partial charge in [0.05, 0.1) is 0 Å². The van der Waals surface area contributed by atoms with Crippen LogP contribution in [0.4, 0.5) is 0 Å². The van der Waals surface area contributed by atoms with Crippen molar-refractivity contribution in [2.45, 2.75) is 0 Å². The van der Waals surface area contributed by atoms with Crippen LogP contribution in [0.15, 0.2) is 168 Å². The summed E-state index contributed by atoms with van der Waals surface area (Å²) in [6.45, 7) is 0. The van der Waals surface area contributed by atoms with E-state index in [2.05, 4.69) is 127 Å². The zero-order valence-electron chi connectivity index (χ0n) is 25.9. The number of benzene rings is 9. The molecule has 1 N–H and O–H groups in total. The quantitative estimate of drug-likeness (QED) is 0.201. The first kappa shape index (κ1) is 26.8. The van der Waals surface area contributed by atoms with Crippen LogP contribution in [0.3, 0.4) is 0 Å². The summed E-state index contributed by atoms with van der Waals surface area (Å²) in [5, 5.41) is 21.9. The van der Waals surface area contributed by atoms with E-state index in [0.717, 1.165) is 60.2 Å². The second kappa shape index (κ2) is 10.3. The molecule has 9 aromatic carbocycles. The summed E-state index contributed by atoms with van der Waals surface area (Å²) in [5.41, 5.74) is 8.59. The fourth-order valence-corrected chi connectivity index (χ4v) is 7.90. The molecule has 2 nitrogen and oxygen atoms in total. The lowest BCUT2D eigenvalue weighted by Gasteiger charge is -2.17. The fraction of sp³-hybridized carbons (Fsp3) is 0. The monoisotopic (exact) mass is 612 g/mol. The van der Waals surface area contributed by atoms with Gasteiger partial charge in [-0.25, -0.2) is 0 Å². The van der Waals surface area contributed by atoms with Crippen LogP contribution in [0, 0.1) is 0 Å². The van der Waals surface area contributed by atoms with Crippen LogP contribution >= 0.6 is 0 Å². The molecule has 0 amide bonds. The van der Waals surface area contributed by atoms with Crippen molar-refractivity contribution in [3.63, 3.8) is 0 Å². The Morgan fingerprint density at radius 3 is 1.38 bits per heavy atom. The molecular formula is C46H28O2. The molecule has 0 atom stereocenters. The minimum atomic E-state index is 0.317. The summed E-state index contributed by atoms with van der Waals surface area (Å²) in [4.78, 5) is 0. The van der Waals surface area contributed by atoms with Gasteiger partial charge in [0, 0.05) is 32.7 Å². The number of hydrogen-bond acceptors (Lipinski definition) is 2. The van der Waals surface area contributed by atoms with Gasteiger partial charge in [0.25, 0.3) is 0 Å². The number of phenols is 1. The normalized spacial score (nSPS) is 11.8. The minimum absolute atomic E-state index is 0.317. The number of fused-ring (bicyclic) bond motifs is 7. The molecule has 1 heterocycles. The number of phenolic OH excluding ortho intramolecular Hbond substituents is 1. The maximum absolute atomic E-state index is 11.2. The molecule has 0 aliphatic heterocycles. The number of hydrogen-bond donors (Lipinski definition) is 1. The molecule has 0 saturated heterocycles. The van der Waals surface area contributed by atoms with Gasteiger partial charge in [-0.15, -0.1) is 0 Å². The summed E-state index contributed by atoms with van der Waals surface area (Å²) in [7, 11) is 0. The standard InChI is InChI=1S/C46H28O2/c47-45-37-21-10-8-19-35(37)43(36-20-9-11-22-38(36)45)29-25-26-30-39-23-12-24-40(46(39)48-41(30)27-29)44-33-17-6-4-15-31(33)42(28-13-2-1-3-14-28)32-16-5-7-18-34(32)44/h1-27,47H. The lowest BCUT2D eigenvalue weighted by atomic mass is 9.85. The Morgan fingerprint density at radius 2 is 0.792 bits per heavy atom. The summed E-state index contributed by atoms with van der Waals surface area (Å²) in [6.07, 6.45) is 0. The van der Waals surface area contributed by atoms with Crippen molar-refractivity contribution < 1.29 is 9.52 Å². The molecular weight excluding hydrogens is 585 g/mol. The molecule has 2 heteroatoms. The highest BCUT2D eigenvalue weighted by Crippen LogP contribution is 2.48.